The van der Waals surface area contributed by atoms with Gasteiger partial charge in [-0.25, -0.2) is 13.1 Å². The van der Waals surface area contributed by atoms with Crippen molar-refractivity contribution in [3.63, 3.8) is 0 Å². The lowest BCUT2D eigenvalue weighted by atomic mass is 9.84. The maximum atomic E-state index is 12.8. The van der Waals surface area contributed by atoms with Crippen molar-refractivity contribution in [2.75, 3.05) is 0 Å². The normalized spacial score (nSPS) is 18.7. The Morgan fingerprint density at radius 1 is 1.14 bits per heavy atom. The van der Waals surface area contributed by atoms with Gasteiger partial charge in [0.25, 0.3) is 0 Å². The third-order valence-corrected chi connectivity index (χ3v) is 6.26. The fourth-order valence-electron chi connectivity index (χ4n) is 3.20. The monoisotopic (exact) mass is 310 g/mol. The summed E-state index contributed by atoms with van der Waals surface area (Å²) >= 11 is 0. The fourth-order valence-corrected chi connectivity index (χ4v) is 4.94. The van der Waals surface area contributed by atoms with Gasteiger partial charge >= 0.3 is 0 Å². The van der Waals surface area contributed by atoms with Crippen LogP contribution in [0.15, 0.2) is 17.0 Å². The Morgan fingerprint density at radius 3 is 2.33 bits per heavy atom. The van der Waals surface area contributed by atoms with Gasteiger partial charge in [0, 0.05) is 12.1 Å². The molecule has 1 aliphatic rings. The standard InChI is InChI=1S/C16H26N2O2S/c1-12-9-13(2)15(10-14(12)11-17)21(19,20)18-16(3)7-5-4-6-8-16/h9-10,18H,4-8,11,17H2,1-3H3. The summed E-state index contributed by atoms with van der Waals surface area (Å²) in [6.07, 6.45) is 5.17. The Hall–Kier alpha value is -0.910. The molecule has 0 amide bonds. The molecule has 0 spiro atoms. The smallest absolute Gasteiger partial charge is 0.241 e. The summed E-state index contributed by atoms with van der Waals surface area (Å²) in [5.41, 5.74) is 8.08. The molecule has 1 saturated carbocycles. The zero-order valence-corrected chi connectivity index (χ0v) is 14.0. The minimum absolute atomic E-state index is 0.322. The molecule has 0 atom stereocenters. The molecule has 0 aliphatic heterocycles. The minimum Gasteiger partial charge on any atom is -0.326 e. The van der Waals surface area contributed by atoms with Crippen molar-refractivity contribution >= 4 is 10.0 Å². The highest BCUT2D eigenvalue weighted by Gasteiger charge is 2.32. The molecule has 1 fully saturated rings. The molecule has 5 heteroatoms. The Morgan fingerprint density at radius 2 is 1.76 bits per heavy atom. The molecule has 1 aliphatic carbocycles. The molecule has 0 aromatic heterocycles. The van der Waals surface area contributed by atoms with Crippen LogP contribution in [0.5, 0.6) is 0 Å². The van der Waals surface area contributed by atoms with E-state index in [9.17, 15) is 8.42 Å². The van der Waals surface area contributed by atoms with Gasteiger partial charge in [0.15, 0.2) is 0 Å². The van der Waals surface area contributed by atoms with Crippen LogP contribution in [0.1, 0.15) is 55.7 Å². The summed E-state index contributed by atoms with van der Waals surface area (Å²) < 4.78 is 28.4. The fraction of sp³-hybridized carbons (Fsp3) is 0.625. The van der Waals surface area contributed by atoms with Crippen molar-refractivity contribution in [1.82, 2.24) is 4.72 Å². The number of hydrogen-bond acceptors (Lipinski definition) is 3. The average Bonchev–Trinajstić information content (AvgIpc) is 2.38. The molecule has 0 heterocycles. The number of rotatable bonds is 4. The molecule has 2 rings (SSSR count). The summed E-state index contributed by atoms with van der Waals surface area (Å²) in [6.45, 7) is 6.16. The van der Waals surface area contributed by atoms with Gasteiger partial charge in [-0.1, -0.05) is 25.3 Å². The van der Waals surface area contributed by atoms with Gasteiger partial charge in [-0.15, -0.1) is 0 Å². The van der Waals surface area contributed by atoms with Crippen LogP contribution in [0.25, 0.3) is 0 Å². The maximum Gasteiger partial charge on any atom is 0.241 e. The first-order valence-corrected chi connectivity index (χ1v) is 9.10. The van der Waals surface area contributed by atoms with Crippen LogP contribution in [0.3, 0.4) is 0 Å². The number of nitrogens with two attached hydrogens (primary N) is 1. The van der Waals surface area contributed by atoms with E-state index in [2.05, 4.69) is 4.72 Å². The molecular formula is C16H26N2O2S. The molecule has 0 bridgehead atoms. The highest BCUT2D eigenvalue weighted by Crippen LogP contribution is 2.30. The number of aryl methyl sites for hydroxylation is 2. The van der Waals surface area contributed by atoms with Gasteiger partial charge in [0.2, 0.25) is 10.0 Å². The lowest BCUT2D eigenvalue weighted by molar-refractivity contribution is 0.294. The summed E-state index contributed by atoms with van der Waals surface area (Å²) in [7, 11) is -3.50. The minimum atomic E-state index is -3.50. The Kier molecular flexibility index (Phi) is 4.76. The summed E-state index contributed by atoms with van der Waals surface area (Å²) in [4.78, 5) is 0.361. The van der Waals surface area contributed by atoms with Crippen LogP contribution in [0, 0.1) is 13.8 Å². The van der Waals surface area contributed by atoms with Gasteiger partial charge < -0.3 is 5.73 Å². The number of nitrogens with one attached hydrogen (secondary N) is 1. The molecule has 1 aromatic carbocycles. The quantitative estimate of drug-likeness (QED) is 0.898. The van der Waals surface area contributed by atoms with Crippen LogP contribution >= 0.6 is 0 Å². The van der Waals surface area contributed by atoms with E-state index in [1.165, 1.54) is 6.42 Å². The Bertz CT molecular complexity index is 617. The molecule has 3 N–H and O–H groups in total. The lowest BCUT2D eigenvalue weighted by Crippen LogP contribution is -2.47. The second-order valence-electron chi connectivity index (χ2n) is 6.48. The maximum absolute atomic E-state index is 12.8. The first kappa shape index (κ1) is 16.5. The van der Waals surface area contributed by atoms with E-state index in [1.807, 2.05) is 26.8 Å². The number of hydrogen-bond donors (Lipinski definition) is 2. The van der Waals surface area contributed by atoms with Crippen molar-refractivity contribution in [2.45, 2.75) is 69.9 Å². The second kappa shape index (κ2) is 6.07. The van der Waals surface area contributed by atoms with Crippen molar-refractivity contribution in [3.8, 4) is 0 Å². The Balaban J connectivity index is 2.35. The largest absolute Gasteiger partial charge is 0.326 e. The molecule has 0 radical (unpaired) electrons. The molecular weight excluding hydrogens is 284 g/mol. The Labute approximate surface area is 128 Å². The SMILES string of the molecule is Cc1cc(C)c(S(=O)(=O)NC2(C)CCCCC2)cc1CN. The average molecular weight is 310 g/mol. The third kappa shape index (κ3) is 3.65. The van der Waals surface area contributed by atoms with Crippen LogP contribution in [0.2, 0.25) is 0 Å². The topological polar surface area (TPSA) is 72.2 Å². The van der Waals surface area contributed by atoms with E-state index in [1.54, 1.807) is 6.07 Å². The van der Waals surface area contributed by atoms with E-state index in [4.69, 9.17) is 5.73 Å². The van der Waals surface area contributed by atoms with Crippen molar-refractivity contribution in [1.29, 1.82) is 0 Å². The van der Waals surface area contributed by atoms with E-state index >= 15 is 0 Å². The molecule has 118 valence electrons. The first-order chi connectivity index (χ1) is 9.77. The van der Waals surface area contributed by atoms with Gasteiger partial charge in [-0.3, -0.25) is 0 Å². The zero-order valence-electron chi connectivity index (χ0n) is 13.2. The second-order valence-corrected chi connectivity index (χ2v) is 8.13. The molecule has 4 nitrogen and oxygen atoms in total. The summed E-state index contributed by atoms with van der Waals surface area (Å²) in [5, 5.41) is 0. The van der Waals surface area contributed by atoms with Gasteiger partial charge in [0.1, 0.15) is 0 Å². The zero-order chi connectivity index (χ0) is 15.7. The van der Waals surface area contributed by atoms with E-state index in [-0.39, 0.29) is 5.54 Å². The molecule has 1 aromatic rings. The predicted molar refractivity (Wildman–Crippen MR) is 85.6 cm³/mol. The highest BCUT2D eigenvalue weighted by molar-refractivity contribution is 7.89. The summed E-state index contributed by atoms with van der Waals surface area (Å²) in [6, 6.07) is 3.62. The number of benzene rings is 1. The van der Waals surface area contributed by atoms with Gasteiger partial charge in [-0.2, -0.15) is 0 Å². The van der Waals surface area contributed by atoms with E-state index in [0.717, 1.165) is 42.4 Å². The van der Waals surface area contributed by atoms with Crippen LogP contribution in [-0.2, 0) is 16.6 Å². The van der Waals surface area contributed by atoms with Gasteiger partial charge in [0.05, 0.1) is 4.90 Å². The lowest BCUT2D eigenvalue weighted by Gasteiger charge is -2.34. The van der Waals surface area contributed by atoms with E-state index in [0.29, 0.717) is 11.4 Å². The highest BCUT2D eigenvalue weighted by atomic mass is 32.2. The van der Waals surface area contributed by atoms with Crippen molar-refractivity contribution in [2.24, 2.45) is 5.73 Å². The third-order valence-electron chi connectivity index (χ3n) is 4.48. The molecule has 0 unspecified atom stereocenters. The van der Waals surface area contributed by atoms with Crippen molar-refractivity contribution in [3.05, 3.63) is 28.8 Å². The van der Waals surface area contributed by atoms with Crippen molar-refractivity contribution < 1.29 is 8.42 Å². The van der Waals surface area contributed by atoms with Crippen LogP contribution in [0.4, 0.5) is 0 Å². The first-order valence-electron chi connectivity index (χ1n) is 7.62. The predicted octanol–water partition coefficient (Wildman–Crippen LogP) is 2.76. The summed E-state index contributed by atoms with van der Waals surface area (Å²) in [5.74, 6) is 0. The van der Waals surface area contributed by atoms with Crippen LogP contribution < -0.4 is 10.5 Å². The van der Waals surface area contributed by atoms with Gasteiger partial charge in [-0.05, 0) is 56.4 Å². The van der Waals surface area contributed by atoms with Crippen LogP contribution in [-0.4, -0.2) is 14.0 Å². The molecule has 21 heavy (non-hydrogen) atoms. The molecule has 0 saturated heterocycles. The number of sulfonamides is 1. The van der Waals surface area contributed by atoms with E-state index < -0.39 is 10.0 Å².